The van der Waals surface area contributed by atoms with Crippen LogP contribution < -0.4 is 5.32 Å². The van der Waals surface area contributed by atoms with Crippen molar-refractivity contribution in [2.24, 2.45) is 0 Å². The summed E-state index contributed by atoms with van der Waals surface area (Å²) in [7, 11) is 0. The minimum Gasteiger partial charge on any atom is -0.396 e. The molecule has 0 radical (unpaired) electrons. The third-order valence-corrected chi connectivity index (χ3v) is 4.04. The second kappa shape index (κ2) is 10.8. The largest absolute Gasteiger partial charge is 0.396 e. The van der Waals surface area contributed by atoms with Gasteiger partial charge in [-0.15, -0.1) is 0 Å². The summed E-state index contributed by atoms with van der Waals surface area (Å²) >= 11 is 1.91. The second-order valence-corrected chi connectivity index (χ2v) is 5.24. The Hall–Kier alpha value is 0.270. The molecule has 0 aromatic heterocycles. The zero-order valence-electron chi connectivity index (χ0n) is 10.5. The summed E-state index contributed by atoms with van der Waals surface area (Å²) in [5.41, 5.74) is 0. The summed E-state index contributed by atoms with van der Waals surface area (Å²) in [6.07, 6.45) is 4.86. The minimum atomic E-state index is 0.299. The fourth-order valence-corrected chi connectivity index (χ4v) is 2.89. The van der Waals surface area contributed by atoms with Crippen molar-refractivity contribution in [3.8, 4) is 0 Å². The Morgan fingerprint density at radius 2 is 1.93 bits per heavy atom. The summed E-state index contributed by atoms with van der Waals surface area (Å²) in [4.78, 5) is 0. The highest BCUT2D eigenvalue weighted by molar-refractivity contribution is 7.99. The van der Waals surface area contributed by atoms with Gasteiger partial charge in [0, 0.05) is 17.0 Å². The van der Waals surface area contributed by atoms with Crippen molar-refractivity contribution in [1.82, 2.24) is 5.32 Å². The van der Waals surface area contributed by atoms with Crippen LogP contribution in [0.5, 0.6) is 0 Å². The van der Waals surface area contributed by atoms with E-state index in [9.17, 15) is 0 Å². The molecule has 0 amide bonds. The SMILES string of the molecule is CCCNC(CCC)C(CC)SCCO. The summed E-state index contributed by atoms with van der Waals surface area (Å²) < 4.78 is 0. The normalized spacial score (nSPS) is 15.2. The lowest BCUT2D eigenvalue weighted by Crippen LogP contribution is -2.38. The molecule has 2 atom stereocenters. The molecule has 0 rings (SSSR count). The first-order chi connectivity index (χ1) is 7.29. The lowest BCUT2D eigenvalue weighted by molar-refractivity contribution is 0.322. The van der Waals surface area contributed by atoms with Crippen LogP contribution in [0.25, 0.3) is 0 Å². The Balaban J connectivity index is 4.00. The van der Waals surface area contributed by atoms with Crippen LogP contribution in [-0.2, 0) is 0 Å². The van der Waals surface area contributed by atoms with Gasteiger partial charge in [0.1, 0.15) is 0 Å². The van der Waals surface area contributed by atoms with Crippen LogP contribution in [0.1, 0.15) is 46.5 Å². The third-order valence-electron chi connectivity index (χ3n) is 2.53. The van der Waals surface area contributed by atoms with Crippen molar-refractivity contribution in [2.75, 3.05) is 18.9 Å². The highest BCUT2D eigenvalue weighted by Gasteiger charge is 2.18. The van der Waals surface area contributed by atoms with Crippen LogP contribution in [0.15, 0.2) is 0 Å². The number of hydrogen-bond acceptors (Lipinski definition) is 3. The van der Waals surface area contributed by atoms with Gasteiger partial charge in [-0.3, -0.25) is 0 Å². The van der Waals surface area contributed by atoms with Crippen molar-refractivity contribution >= 4 is 11.8 Å². The maximum Gasteiger partial charge on any atom is 0.0521 e. The monoisotopic (exact) mass is 233 g/mol. The third kappa shape index (κ3) is 7.20. The van der Waals surface area contributed by atoms with Gasteiger partial charge in [-0.1, -0.05) is 27.2 Å². The number of aliphatic hydroxyl groups is 1. The molecule has 3 heteroatoms. The molecular formula is C12H27NOS. The Morgan fingerprint density at radius 3 is 2.40 bits per heavy atom. The van der Waals surface area contributed by atoms with Gasteiger partial charge in [-0.05, 0) is 25.8 Å². The molecule has 0 aromatic rings. The smallest absolute Gasteiger partial charge is 0.0521 e. The van der Waals surface area contributed by atoms with E-state index in [2.05, 4.69) is 26.1 Å². The van der Waals surface area contributed by atoms with Gasteiger partial charge >= 0.3 is 0 Å². The maximum absolute atomic E-state index is 8.86. The molecule has 2 unspecified atom stereocenters. The molecule has 0 fully saturated rings. The summed E-state index contributed by atoms with van der Waals surface area (Å²) in [6.45, 7) is 8.10. The molecule has 0 bridgehead atoms. The van der Waals surface area contributed by atoms with Gasteiger partial charge in [0.15, 0.2) is 0 Å². The number of nitrogens with one attached hydrogen (secondary N) is 1. The predicted molar refractivity (Wildman–Crippen MR) is 70.6 cm³/mol. The molecule has 0 spiro atoms. The minimum absolute atomic E-state index is 0.299. The predicted octanol–water partition coefficient (Wildman–Crippen LogP) is 2.66. The van der Waals surface area contributed by atoms with Crippen molar-refractivity contribution in [3.63, 3.8) is 0 Å². The van der Waals surface area contributed by atoms with Crippen molar-refractivity contribution in [1.29, 1.82) is 0 Å². The molecule has 0 saturated carbocycles. The van der Waals surface area contributed by atoms with E-state index in [1.165, 1.54) is 25.7 Å². The molecule has 2 N–H and O–H groups in total. The number of rotatable bonds is 10. The molecule has 0 saturated heterocycles. The van der Waals surface area contributed by atoms with Gasteiger partial charge < -0.3 is 10.4 Å². The molecule has 15 heavy (non-hydrogen) atoms. The van der Waals surface area contributed by atoms with Gasteiger partial charge in [-0.2, -0.15) is 11.8 Å². The lowest BCUT2D eigenvalue weighted by atomic mass is 10.1. The van der Waals surface area contributed by atoms with Crippen molar-refractivity contribution in [3.05, 3.63) is 0 Å². The Morgan fingerprint density at radius 1 is 1.20 bits per heavy atom. The van der Waals surface area contributed by atoms with Gasteiger partial charge in [0.05, 0.1) is 6.61 Å². The highest BCUT2D eigenvalue weighted by atomic mass is 32.2. The molecular weight excluding hydrogens is 206 g/mol. The van der Waals surface area contributed by atoms with E-state index in [4.69, 9.17) is 5.11 Å². The van der Waals surface area contributed by atoms with Crippen molar-refractivity contribution in [2.45, 2.75) is 57.7 Å². The fourth-order valence-electron chi connectivity index (χ4n) is 1.78. The molecule has 0 heterocycles. The van der Waals surface area contributed by atoms with Crippen LogP contribution in [-0.4, -0.2) is 35.3 Å². The zero-order valence-corrected chi connectivity index (χ0v) is 11.3. The average molecular weight is 233 g/mol. The lowest BCUT2D eigenvalue weighted by Gasteiger charge is -2.26. The molecule has 0 aromatic carbocycles. The quantitative estimate of drug-likeness (QED) is 0.608. The molecule has 0 aliphatic carbocycles. The van der Waals surface area contributed by atoms with Gasteiger partial charge in [0.25, 0.3) is 0 Å². The zero-order chi connectivity index (χ0) is 11.5. The maximum atomic E-state index is 8.86. The Kier molecular flexibility index (Phi) is 11.0. The number of thioether (sulfide) groups is 1. The van der Waals surface area contributed by atoms with E-state index >= 15 is 0 Å². The standard InChI is InChI=1S/C12H27NOS/c1-4-7-11(13-8-5-2)12(6-3)15-10-9-14/h11-14H,4-10H2,1-3H3. The van der Waals surface area contributed by atoms with Crippen LogP contribution in [0, 0.1) is 0 Å². The number of aliphatic hydroxyl groups excluding tert-OH is 1. The van der Waals surface area contributed by atoms with Crippen LogP contribution in [0.4, 0.5) is 0 Å². The van der Waals surface area contributed by atoms with Gasteiger partial charge in [-0.25, -0.2) is 0 Å². The van der Waals surface area contributed by atoms with E-state index < -0.39 is 0 Å². The molecule has 0 aliphatic rings. The number of hydrogen-bond donors (Lipinski definition) is 2. The van der Waals surface area contributed by atoms with E-state index in [0.29, 0.717) is 17.9 Å². The van der Waals surface area contributed by atoms with E-state index in [0.717, 1.165) is 12.3 Å². The summed E-state index contributed by atoms with van der Waals surface area (Å²) in [5.74, 6) is 0.868. The van der Waals surface area contributed by atoms with Crippen LogP contribution in [0.2, 0.25) is 0 Å². The van der Waals surface area contributed by atoms with Crippen LogP contribution in [0.3, 0.4) is 0 Å². The fraction of sp³-hybridized carbons (Fsp3) is 1.00. The first-order valence-corrected chi connectivity index (χ1v) is 7.30. The highest BCUT2D eigenvalue weighted by Crippen LogP contribution is 2.20. The summed E-state index contributed by atoms with van der Waals surface area (Å²) in [5, 5.41) is 13.1. The van der Waals surface area contributed by atoms with Gasteiger partial charge in [0.2, 0.25) is 0 Å². The summed E-state index contributed by atoms with van der Waals surface area (Å²) in [6, 6.07) is 0.622. The van der Waals surface area contributed by atoms with E-state index in [-0.39, 0.29) is 0 Å². The van der Waals surface area contributed by atoms with E-state index in [1.54, 1.807) is 0 Å². The Labute approximate surface area is 99.2 Å². The Bertz CT molecular complexity index is 133. The first-order valence-electron chi connectivity index (χ1n) is 6.25. The topological polar surface area (TPSA) is 32.3 Å². The molecule has 92 valence electrons. The average Bonchev–Trinajstić information content (AvgIpc) is 2.26. The first kappa shape index (κ1) is 15.3. The molecule has 2 nitrogen and oxygen atoms in total. The van der Waals surface area contributed by atoms with Crippen molar-refractivity contribution < 1.29 is 5.11 Å². The molecule has 0 aliphatic heterocycles. The van der Waals surface area contributed by atoms with Crippen LogP contribution >= 0.6 is 11.8 Å². The van der Waals surface area contributed by atoms with E-state index in [1.807, 2.05) is 11.8 Å². The second-order valence-electron chi connectivity index (χ2n) is 3.89.